The zero-order chi connectivity index (χ0) is 13.1. The fourth-order valence-electron chi connectivity index (χ4n) is 2.48. The van der Waals surface area contributed by atoms with E-state index in [-0.39, 0.29) is 11.9 Å². The maximum absolute atomic E-state index is 12.3. The first-order chi connectivity index (χ1) is 8.70. The van der Waals surface area contributed by atoms with E-state index in [4.69, 9.17) is 4.74 Å². The van der Waals surface area contributed by atoms with E-state index in [1.165, 1.54) is 0 Å². The second kappa shape index (κ2) is 5.50. The monoisotopic (exact) mass is 248 g/mol. The van der Waals surface area contributed by atoms with Crippen molar-refractivity contribution in [1.82, 2.24) is 5.32 Å². The molecule has 0 saturated carbocycles. The van der Waals surface area contributed by atoms with Crippen LogP contribution in [0.15, 0.2) is 18.2 Å². The number of likely N-dealkylation sites (N-methyl/N-ethyl adjacent to an activating group) is 1. The van der Waals surface area contributed by atoms with Crippen LogP contribution in [0.4, 0.5) is 5.69 Å². The van der Waals surface area contributed by atoms with Crippen LogP contribution in [0.1, 0.15) is 24.1 Å². The van der Waals surface area contributed by atoms with Crippen LogP contribution in [0, 0.1) is 6.92 Å². The van der Waals surface area contributed by atoms with Crippen molar-refractivity contribution in [3.8, 4) is 0 Å². The third-order valence-corrected chi connectivity index (χ3v) is 3.31. The number of nitrogens with zero attached hydrogens (tertiary/aromatic N) is 1. The Labute approximate surface area is 108 Å². The van der Waals surface area contributed by atoms with Gasteiger partial charge in [0.2, 0.25) is 5.91 Å². The zero-order valence-electron chi connectivity index (χ0n) is 11.2. The van der Waals surface area contributed by atoms with Gasteiger partial charge < -0.3 is 15.0 Å². The normalized spacial score (nSPS) is 18.3. The SMILES string of the molecule is CCOCCN1C(=O)C(NC)c2cccc(C)c21. The lowest BCUT2D eigenvalue weighted by atomic mass is 10.1. The molecule has 4 nitrogen and oxygen atoms in total. The molecule has 0 radical (unpaired) electrons. The van der Waals surface area contributed by atoms with E-state index in [0.29, 0.717) is 19.8 Å². The largest absolute Gasteiger partial charge is 0.380 e. The highest BCUT2D eigenvalue weighted by atomic mass is 16.5. The molecule has 1 amide bonds. The molecule has 1 atom stereocenters. The summed E-state index contributed by atoms with van der Waals surface area (Å²) >= 11 is 0. The molecule has 1 N–H and O–H groups in total. The maximum atomic E-state index is 12.3. The number of amides is 1. The molecule has 1 aliphatic rings. The number of benzene rings is 1. The first-order valence-corrected chi connectivity index (χ1v) is 6.36. The standard InChI is InChI=1S/C14H20N2O2/c1-4-18-9-8-16-13-10(2)6-5-7-11(13)12(15-3)14(16)17/h5-7,12,15H,4,8-9H2,1-3H3. The number of aryl methyl sites for hydroxylation is 1. The number of carbonyl (C=O) groups is 1. The minimum absolute atomic E-state index is 0.113. The van der Waals surface area contributed by atoms with E-state index in [9.17, 15) is 4.79 Å². The summed E-state index contributed by atoms with van der Waals surface area (Å²) in [6, 6.07) is 5.83. The Bertz CT molecular complexity index is 445. The number of anilines is 1. The van der Waals surface area contributed by atoms with Crippen molar-refractivity contribution in [2.45, 2.75) is 19.9 Å². The lowest BCUT2D eigenvalue weighted by molar-refractivity contribution is -0.120. The lowest BCUT2D eigenvalue weighted by Gasteiger charge is -2.19. The number of fused-ring (bicyclic) bond motifs is 1. The topological polar surface area (TPSA) is 41.6 Å². The molecule has 18 heavy (non-hydrogen) atoms. The quantitative estimate of drug-likeness (QED) is 0.805. The van der Waals surface area contributed by atoms with Crippen LogP contribution >= 0.6 is 0 Å². The Morgan fingerprint density at radius 2 is 2.22 bits per heavy atom. The van der Waals surface area contributed by atoms with Crippen LogP contribution in [0.5, 0.6) is 0 Å². The molecule has 0 bridgehead atoms. The minimum atomic E-state index is -0.221. The summed E-state index contributed by atoms with van der Waals surface area (Å²) in [6.45, 7) is 5.87. The van der Waals surface area contributed by atoms with Gasteiger partial charge in [-0.05, 0) is 26.5 Å². The highest BCUT2D eigenvalue weighted by Crippen LogP contribution is 2.37. The second-order valence-electron chi connectivity index (χ2n) is 4.42. The highest BCUT2D eigenvalue weighted by molar-refractivity contribution is 6.05. The van der Waals surface area contributed by atoms with Gasteiger partial charge in [0.25, 0.3) is 0 Å². The number of hydrogen-bond donors (Lipinski definition) is 1. The Morgan fingerprint density at radius 1 is 1.44 bits per heavy atom. The molecule has 2 rings (SSSR count). The van der Waals surface area contributed by atoms with Gasteiger partial charge in [-0.1, -0.05) is 18.2 Å². The Kier molecular flexibility index (Phi) is 3.99. The first kappa shape index (κ1) is 13.1. The van der Waals surface area contributed by atoms with Crippen molar-refractivity contribution in [2.75, 3.05) is 31.7 Å². The van der Waals surface area contributed by atoms with Crippen LogP contribution < -0.4 is 10.2 Å². The van der Waals surface area contributed by atoms with Gasteiger partial charge in [0.15, 0.2) is 0 Å². The van der Waals surface area contributed by atoms with Crippen molar-refractivity contribution in [3.63, 3.8) is 0 Å². The van der Waals surface area contributed by atoms with Crippen molar-refractivity contribution >= 4 is 11.6 Å². The maximum Gasteiger partial charge on any atom is 0.248 e. The third kappa shape index (κ3) is 2.13. The van der Waals surface area contributed by atoms with Gasteiger partial charge >= 0.3 is 0 Å². The fourth-order valence-corrected chi connectivity index (χ4v) is 2.48. The second-order valence-corrected chi connectivity index (χ2v) is 4.42. The van der Waals surface area contributed by atoms with E-state index in [1.54, 1.807) is 0 Å². The molecule has 1 aromatic rings. The Morgan fingerprint density at radius 3 is 2.89 bits per heavy atom. The Hall–Kier alpha value is -1.39. The van der Waals surface area contributed by atoms with E-state index < -0.39 is 0 Å². The van der Waals surface area contributed by atoms with Gasteiger partial charge in [-0.3, -0.25) is 4.79 Å². The molecular weight excluding hydrogens is 228 g/mol. The molecule has 0 aliphatic carbocycles. The predicted octanol–water partition coefficient (Wildman–Crippen LogP) is 1.64. The molecule has 4 heteroatoms. The summed E-state index contributed by atoms with van der Waals surface area (Å²) < 4.78 is 5.35. The number of rotatable bonds is 5. The predicted molar refractivity (Wildman–Crippen MR) is 71.8 cm³/mol. The minimum Gasteiger partial charge on any atom is -0.380 e. The van der Waals surface area contributed by atoms with Crippen LogP contribution in [0.2, 0.25) is 0 Å². The summed E-state index contributed by atoms with van der Waals surface area (Å²) in [5.41, 5.74) is 3.25. The van der Waals surface area contributed by atoms with Crippen LogP contribution in [-0.4, -0.2) is 32.7 Å². The molecule has 1 unspecified atom stereocenters. The van der Waals surface area contributed by atoms with E-state index in [1.807, 2.05) is 44.0 Å². The van der Waals surface area contributed by atoms with E-state index in [2.05, 4.69) is 5.32 Å². The van der Waals surface area contributed by atoms with Crippen molar-refractivity contribution < 1.29 is 9.53 Å². The summed E-state index contributed by atoms with van der Waals surface area (Å²) in [5, 5.41) is 3.09. The fraction of sp³-hybridized carbons (Fsp3) is 0.500. The Balaban J connectivity index is 2.29. The van der Waals surface area contributed by atoms with E-state index >= 15 is 0 Å². The van der Waals surface area contributed by atoms with Gasteiger partial charge in [-0.15, -0.1) is 0 Å². The van der Waals surface area contributed by atoms with Gasteiger partial charge in [0.05, 0.1) is 12.3 Å². The number of carbonyl (C=O) groups excluding carboxylic acids is 1. The zero-order valence-corrected chi connectivity index (χ0v) is 11.2. The number of ether oxygens (including phenoxy) is 1. The number of para-hydroxylation sites is 1. The van der Waals surface area contributed by atoms with Gasteiger partial charge in [0, 0.05) is 18.7 Å². The summed E-state index contributed by atoms with van der Waals surface area (Å²) in [5.74, 6) is 0.113. The molecule has 0 saturated heterocycles. The van der Waals surface area contributed by atoms with Crippen LogP contribution in [0.25, 0.3) is 0 Å². The van der Waals surface area contributed by atoms with Crippen molar-refractivity contribution in [3.05, 3.63) is 29.3 Å². The molecule has 1 aromatic carbocycles. The molecule has 0 aromatic heterocycles. The third-order valence-electron chi connectivity index (χ3n) is 3.31. The molecular formula is C14H20N2O2. The average molecular weight is 248 g/mol. The smallest absolute Gasteiger partial charge is 0.248 e. The molecule has 98 valence electrons. The summed E-state index contributed by atoms with van der Waals surface area (Å²) in [6.07, 6.45) is 0. The number of hydrogen-bond acceptors (Lipinski definition) is 3. The average Bonchev–Trinajstić information content (AvgIpc) is 2.63. The summed E-state index contributed by atoms with van der Waals surface area (Å²) in [4.78, 5) is 14.2. The molecule has 1 aliphatic heterocycles. The molecule has 0 fully saturated rings. The van der Waals surface area contributed by atoms with Crippen molar-refractivity contribution in [2.24, 2.45) is 0 Å². The lowest BCUT2D eigenvalue weighted by Crippen LogP contribution is -2.35. The molecule has 1 heterocycles. The number of nitrogens with one attached hydrogen (secondary N) is 1. The summed E-state index contributed by atoms with van der Waals surface area (Å²) in [7, 11) is 1.82. The van der Waals surface area contributed by atoms with Crippen LogP contribution in [-0.2, 0) is 9.53 Å². The van der Waals surface area contributed by atoms with Crippen molar-refractivity contribution in [1.29, 1.82) is 0 Å². The highest BCUT2D eigenvalue weighted by Gasteiger charge is 2.36. The first-order valence-electron chi connectivity index (χ1n) is 6.36. The molecule has 0 spiro atoms. The van der Waals surface area contributed by atoms with Gasteiger partial charge in [-0.2, -0.15) is 0 Å². The van der Waals surface area contributed by atoms with Gasteiger partial charge in [0.1, 0.15) is 6.04 Å². The van der Waals surface area contributed by atoms with Gasteiger partial charge in [-0.25, -0.2) is 0 Å². The van der Waals surface area contributed by atoms with Crippen LogP contribution in [0.3, 0.4) is 0 Å². The van der Waals surface area contributed by atoms with E-state index in [0.717, 1.165) is 16.8 Å².